The molecule has 204 valence electrons. The van der Waals surface area contributed by atoms with Crippen LogP contribution >= 0.6 is 0 Å². The fourth-order valence-electron chi connectivity index (χ4n) is 6.08. The zero-order valence-corrected chi connectivity index (χ0v) is 22.5. The van der Waals surface area contributed by atoms with E-state index in [0.717, 1.165) is 96.6 Å². The molecule has 0 radical (unpaired) electrons. The lowest BCUT2D eigenvalue weighted by atomic mass is 9.89. The van der Waals surface area contributed by atoms with Crippen LogP contribution in [0.25, 0.3) is 0 Å². The van der Waals surface area contributed by atoms with Gasteiger partial charge in [0.15, 0.2) is 0 Å². The summed E-state index contributed by atoms with van der Waals surface area (Å²) in [5.41, 5.74) is 3.72. The molecular weight excluding hydrogens is 476 g/mol. The van der Waals surface area contributed by atoms with Gasteiger partial charge in [0.05, 0.1) is 18.8 Å². The second-order valence-corrected chi connectivity index (χ2v) is 11.0. The first-order valence-corrected chi connectivity index (χ1v) is 14.5. The summed E-state index contributed by atoms with van der Waals surface area (Å²) < 4.78 is 5.43. The Morgan fingerprint density at radius 2 is 1.63 bits per heavy atom. The molecule has 2 aromatic carbocycles. The Morgan fingerprint density at radius 3 is 2.37 bits per heavy atom. The van der Waals surface area contributed by atoms with Crippen LogP contribution in [0.5, 0.6) is 0 Å². The van der Waals surface area contributed by atoms with Crippen molar-refractivity contribution in [1.82, 2.24) is 10.2 Å². The van der Waals surface area contributed by atoms with E-state index in [2.05, 4.69) is 50.8 Å². The number of nitrogens with zero attached hydrogens (tertiary/aromatic N) is 2. The van der Waals surface area contributed by atoms with Crippen LogP contribution in [0.15, 0.2) is 48.5 Å². The van der Waals surface area contributed by atoms with Crippen LogP contribution in [0.2, 0.25) is 0 Å². The normalized spacial score (nSPS) is 19.4. The molecule has 0 bridgehead atoms. The van der Waals surface area contributed by atoms with Crippen molar-refractivity contribution in [3.05, 3.63) is 59.7 Å². The molecule has 2 aromatic rings. The number of amides is 2. The lowest BCUT2D eigenvalue weighted by Crippen LogP contribution is -2.41. The third-order valence-electron chi connectivity index (χ3n) is 8.37. The fourth-order valence-corrected chi connectivity index (χ4v) is 6.08. The van der Waals surface area contributed by atoms with Crippen LogP contribution < -0.4 is 15.5 Å². The average Bonchev–Trinajstić information content (AvgIpc) is 3.50. The van der Waals surface area contributed by atoms with E-state index in [1.165, 1.54) is 5.56 Å². The second kappa shape index (κ2) is 13.3. The number of anilines is 2. The number of hydrogen-bond donors (Lipinski definition) is 2. The number of carbonyl (C=O) groups excluding carboxylic acids is 2. The van der Waals surface area contributed by atoms with Crippen molar-refractivity contribution >= 4 is 23.2 Å². The molecule has 38 heavy (non-hydrogen) atoms. The number of benzene rings is 2. The SMILES string of the molecule is O=C(NCCN1CCOCC1)c1cc(NC(=O)C2CCCC2)ccc1N1CCC(Cc2ccccc2)CC1. The molecule has 2 amide bonds. The van der Waals surface area contributed by atoms with Crippen molar-refractivity contribution in [1.29, 1.82) is 0 Å². The predicted octanol–water partition coefficient (Wildman–Crippen LogP) is 4.34. The lowest BCUT2D eigenvalue weighted by Gasteiger charge is -2.35. The number of morpholine rings is 1. The van der Waals surface area contributed by atoms with Gasteiger partial charge in [0, 0.05) is 56.6 Å². The molecule has 0 spiro atoms. The molecule has 1 aliphatic carbocycles. The zero-order valence-electron chi connectivity index (χ0n) is 22.5. The van der Waals surface area contributed by atoms with Crippen LogP contribution in [0.4, 0.5) is 11.4 Å². The topological polar surface area (TPSA) is 73.9 Å². The zero-order chi connectivity index (χ0) is 26.2. The summed E-state index contributed by atoms with van der Waals surface area (Å²) >= 11 is 0. The maximum Gasteiger partial charge on any atom is 0.253 e. The summed E-state index contributed by atoms with van der Waals surface area (Å²) in [6, 6.07) is 16.6. The summed E-state index contributed by atoms with van der Waals surface area (Å²) in [5, 5.41) is 6.23. The molecule has 3 aliphatic rings. The van der Waals surface area contributed by atoms with Gasteiger partial charge in [-0.1, -0.05) is 43.2 Å². The van der Waals surface area contributed by atoms with E-state index in [-0.39, 0.29) is 17.7 Å². The van der Waals surface area contributed by atoms with Gasteiger partial charge in [0.25, 0.3) is 5.91 Å². The number of rotatable bonds is 9. The van der Waals surface area contributed by atoms with Crippen molar-refractivity contribution in [3.63, 3.8) is 0 Å². The highest BCUT2D eigenvalue weighted by Gasteiger charge is 2.26. The highest BCUT2D eigenvalue weighted by atomic mass is 16.5. The molecule has 3 fully saturated rings. The third kappa shape index (κ3) is 7.14. The summed E-state index contributed by atoms with van der Waals surface area (Å²) in [5.74, 6) is 0.751. The van der Waals surface area contributed by atoms with Crippen LogP contribution in [-0.4, -0.2) is 69.2 Å². The maximum absolute atomic E-state index is 13.5. The first-order chi connectivity index (χ1) is 18.7. The van der Waals surface area contributed by atoms with Gasteiger partial charge >= 0.3 is 0 Å². The van der Waals surface area contributed by atoms with Crippen molar-refractivity contribution < 1.29 is 14.3 Å². The summed E-state index contributed by atoms with van der Waals surface area (Å²) in [6.45, 7) is 6.58. The molecule has 7 heteroatoms. The van der Waals surface area contributed by atoms with E-state index in [0.29, 0.717) is 23.7 Å². The molecule has 0 atom stereocenters. The largest absolute Gasteiger partial charge is 0.379 e. The van der Waals surface area contributed by atoms with Gasteiger partial charge in [0.1, 0.15) is 0 Å². The van der Waals surface area contributed by atoms with Gasteiger partial charge in [0.2, 0.25) is 5.91 Å². The molecule has 1 saturated carbocycles. The summed E-state index contributed by atoms with van der Waals surface area (Å²) in [6.07, 6.45) is 7.46. The van der Waals surface area contributed by atoms with Crippen LogP contribution in [-0.2, 0) is 16.0 Å². The number of hydrogen-bond acceptors (Lipinski definition) is 5. The van der Waals surface area contributed by atoms with E-state index in [1.807, 2.05) is 18.2 Å². The first kappa shape index (κ1) is 26.7. The monoisotopic (exact) mass is 518 g/mol. The van der Waals surface area contributed by atoms with Gasteiger partial charge in [-0.2, -0.15) is 0 Å². The Balaban J connectivity index is 1.25. The predicted molar refractivity (Wildman–Crippen MR) is 152 cm³/mol. The molecule has 2 aliphatic heterocycles. The Labute approximate surface area is 226 Å². The van der Waals surface area contributed by atoms with E-state index in [9.17, 15) is 9.59 Å². The number of ether oxygens (including phenoxy) is 1. The molecule has 0 aromatic heterocycles. The van der Waals surface area contributed by atoms with E-state index in [4.69, 9.17) is 4.74 Å². The molecule has 0 unspecified atom stereocenters. The fraction of sp³-hybridized carbons (Fsp3) is 0.548. The second-order valence-electron chi connectivity index (χ2n) is 11.0. The van der Waals surface area contributed by atoms with E-state index in [1.54, 1.807) is 0 Å². The number of piperidine rings is 1. The maximum atomic E-state index is 13.5. The van der Waals surface area contributed by atoms with Gasteiger partial charge in [-0.15, -0.1) is 0 Å². The average molecular weight is 519 g/mol. The minimum atomic E-state index is -0.0726. The van der Waals surface area contributed by atoms with Crippen molar-refractivity contribution in [2.75, 3.05) is 62.7 Å². The molecule has 2 heterocycles. The van der Waals surface area contributed by atoms with Crippen molar-refractivity contribution in [2.24, 2.45) is 11.8 Å². The Morgan fingerprint density at radius 1 is 0.895 bits per heavy atom. The van der Waals surface area contributed by atoms with Gasteiger partial charge < -0.3 is 20.3 Å². The van der Waals surface area contributed by atoms with Gasteiger partial charge in [-0.05, 0) is 61.8 Å². The lowest BCUT2D eigenvalue weighted by molar-refractivity contribution is -0.119. The van der Waals surface area contributed by atoms with E-state index < -0.39 is 0 Å². The summed E-state index contributed by atoms with van der Waals surface area (Å²) in [4.78, 5) is 30.9. The highest BCUT2D eigenvalue weighted by molar-refractivity contribution is 6.02. The Hall–Kier alpha value is -2.90. The minimum Gasteiger partial charge on any atom is -0.379 e. The van der Waals surface area contributed by atoms with Crippen molar-refractivity contribution in [2.45, 2.75) is 44.9 Å². The Bertz CT molecular complexity index is 1060. The quantitative estimate of drug-likeness (QED) is 0.517. The third-order valence-corrected chi connectivity index (χ3v) is 8.37. The van der Waals surface area contributed by atoms with Crippen molar-refractivity contribution in [3.8, 4) is 0 Å². The molecule has 5 rings (SSSR count). The van der Waals surface area contributed by atoms with E-state index >= 15 is 0 Å². The number of carbonyl (C=O) groups is 2. The molecular formula is C31H42N4O3. The molecule has 2 N–H and O–H groups in total. The number of nitrogens with one attached hydrogen (secondary N) is 2. The Kier molecular flexibility index (Phi) is 9.31. The molecule has 7 nitrogen and oxygen atoms in total. The van der Waals surface area contributed by atoms with Crippen LogP contribution in [0, 0.1) is 11.8 Å². The standard InChI is InChI=1S/C31H42N4O3/c36-30(26-8-4-5-9-26)33-27-10-11-29(28(23-27)31(37)32-14-17-34-18-20-38-21-19-34)35-15-12-25(13-16-35)22-24-6-2-1-3-7-24/h1-3,6-7,10-11,23,25-26H,4-5,8-9,12-22H2,(H,32,37)(H,33,36). The summed E-state index contributed by atoms with van der Waals surface area (Å²) in [7, 11) is 0. The smallest absolute Gasteiger partial charge is 0.253 e. The molecule has 2 saturated heterocycles. The van der Waals surface area contributed by atoms with Crippen LogP contribution in [0.3, 0.4) is 0 Å². The highest BCUT2D eigenvalue weighted by Crippen LogP contribution is 2.31. The van der Waals surface area contributed by atoms with Gasteiger partial charge in [-0.3, -0.25) is 14.5 Å². The first-order valence-electron chi connectivity index (χ1n) is 14.5. The van der Waals surface area contributed by atoms with Gasteiger partial charge in [-0.25, -0.2) is 0 Å². The minimum absolute atomic E-state index is 0.0726. The van der Waals surface area contributed by atoms with Crippen LogP contribution in [0.1, 0.15) is 54.4 Å².